The monoisotopic (exact) mass is 453 g/mol. The number of aryl methyl sites for hydroxylation is 2. The van der Waals surface area contributed by atoms with Crippen LogP contribution in [-0.4, -0.2) is 33.8 Å². The fourth-order valence-electron chi connectivity index (χ4n) is 4.34. The van der Waals surface area contributed by atoms with Gasteiger partial charge in [0, 0.05) is 20.1 Å². The van der Waals surface area contributed by atoms with Crippen molar-refractivity contribution in [3.63, 3.8) is 0 Å². The van der Waals surface area contributed by atoms with Gasteiger partial charge in [-0.2, -0.15) is 5.10 Å². The SMILES string of the molecule is Cc1cc(C(=O)N(Cc2ccc3c(c2)OCCO3)Cc2ccccc2-c2ccccc2)n(C)n1. The quantitative estimate of drug-likeness (QED) is 0.412. The minimum Gasteiger partial charge on any atom is -0.486 e. The van der Waals surface area contributed by atoms with Gasteiger partial charge in [0.05, 0.1) is 5.69 Å². The number of nitrogens with zero attached hydrogens (tertiary/aromatic N) is 3. The fraction of sp³-hybridized carbons (Fsp3) is 0.214. The van der Waals surface area contributed by atoms with Gasteiger partial charge >= 0.3 is 0 Å². The molecule has 0 saturated carbocycles. The third-order valence-electron chi connectivity index (χ3n) is 5.95. The van der Waals surface area contributed by atoms with E-state index in [2.05, 4.69) is 29.4 Å². The number of fused-ring (bicyclic) bond motifs is 1. The second-order valence-electron chi connectivity index (χ2n) is 8.46. The molecule has 34 heavy (non-hydrogen) atoms. The first kappa shape index (κ1) is 21.8. The predicted molar refractivity (Wildman–Crippen MR) is 131 cm³/mol. The highest BCUT2D eigenvalue weighted by Crippen LogP contribution is 2.32. The second kappa shape index (κ2) is 9.43. The first-order chi connectivity index (χ1) is 16.6. The van der Waals surface area contributed by atoms with Crippen LogP contribution < -0.4 is 9.47 Å². The van der Waals surface area contributed by atoms with E-state index in [9.17, 15) is 4.79 Å². The Morgan fingerprint density at radius 1 is 0.912 bits per heavy atom. The molecule has 0 unspecified atom stereocenters. The number of carbonyl (C=O) groups excluding carboxylic acids is 1. The standard InChI is InChI=1S/C28H27N3O3/c1-20-16-25(30(2)29-20)28(32)31(18-21-12-13-26-27(17-21)34-15-14-33-26)19-23-10-6-7-11-24(23)22-8-4-3-5-9-22/h3-13,16-17H,14-15,18-19H2,1-2H3. The van der Waals surface area contributed by atoms with Crippen LogP contribution in [0.4, 0.5) is 0 Å². The Bertz CT molecular complexity index is 1310. The van der Waals surface area contributed by atoms with Gasteiger partial charge in [-0.15, -0.1) is 0 Å². The minimum absolute atomic E-state index is 0.0687. The van der Waals surface area contributed by atoms with E-state index in [0.29, 0.717) is 32.0 Å². The first-order valence-electron chi connectivity index (χ1n) is 11.4. The highest BCUT2D eigenvalue weighted by Gasteiger charge is 2.22. The summed E-state index contributed by atoms with van der Waals surface area (Å²) >= 11 is 0. The van der Waals surface area contributed by atoms with Crippen LogP contribution in [0.2, 0.25) is 0 Å². The zero-order valence-corrected chi connectivity index (χ0v) is 19.4. The van der Waals surface area contributed by atoms with Crippen LogP contribution in [0.3, 0.4) is 0 Å². The molecule has 0 spiro atoms. The van der Waals surface area contributed by atoms with Crippen LogP contribution in [0.15, 0.2) is 78.9 Å². The lowest BCUT2D eigenvalue weighted by atomic mass is 9.99. The van der Waals surface area contributed by atoms with Crippen molar-refractivity contribution in [1.29, 1.82) is 0 Å². The van der Waals surface area contributed by atoms with Gasteiger partial charge < -0.3 is 14.4 Å². The number of amides is 1. The lowest BCUT2D eigenvalue weighted by molar-refractivity contribution is 0.0718. The molecule has 0 radical (unpaired) electrons. The average Bonchev–Trinajstić information content (AvgIpc) is 3.21. The van der Waals surface area contributed by atoms with E-state index < -0.39 is 0 Å². The molecule has 0 saturated heterocycles. The molecular weight excluding hydrogens is 426 g/mol. The van der Waals surface area contributed by atoms with Gasteiger partial charge in [0.1, 0.15) is 18.9 Å². The van der Waals surface area contributed by atoms with Gasteiger partial charge in [-0.05, 0) is 47.4 Å². The summed E-state index contributed by atoms with van der Waals surface area (Å²) in [5.41, 5.74) is 5.68. The van der Waals surface area contributed by atoms with Crippen molar-refractivity contribution in [2.45, 2.75) is 20.0 Å². The molecule has 5 rings (SSSR count). The molecule has 172 valence electrons. The van der Waals surface area contributed by atoms with E-state index in [-0.39, 0.29) is 5.91 Å². The van der Waals surface area contributed by atoms with Crippen molar-refractivity contribution in [1.82, 2.24) is 14.7 Å². The second-order valence-corrected chi connectivity index (χ2v) is 8.46. The Kier molecular flexibility index (Phi) is 6.04. The average molecular weight is 454 g/mol. The molecular formula is C28H27N3O3. The fourth-order valence-corrected chi connectivity index (χ4v) is 4.34. The molecule has 6 nitrogen and oxygen atoms in total. The molecule has 0 fully saturated rings. The Labute approximate surface area is 199 Å². The third kappa shape index (κ3) is 4.53. The number of carbonyl (C=O) groups is 1. The molecule has 2 heterocycles. The van der Waals surface area contributed by atoms with Gasteiger partial charge in [-0.25, -0.2) is 0 Å². The minimum atomic E-state index is -0.0687. The van der Waals surface area contributed by atoms with Gasteiger partial charge in [-0.3, -0.25) is 9.48 Å². The number of ether oxygens (including phenoxy) is 2. The lowest BCUT2D eigenvalue weighted by Crippen LogP contribution is -2.32. The molecule has 0 bridgehead atoms. The van der Waals surface area contributed by atoms with Crippen molar-refractivity contribution in [2.75, 3.05) is 13.2 Å². The molecule has 6 heteroatoms. The topological polar surface area (TPSA) is 56.6 Å². The van der Waals surface area contributed by atoms with Crippen LogP contribution in [0.25, 0.3) is 11.1 Å². The van der Waals surface area contributed by atoms with Crippen molar-refractivity contribution >= 4 is 5.91 Å². The summed E-state index contributed by atoms with van der Waals surface area (Å²) in [7, 11) is 1.81. The third-order valence-corrected chi connectivity index (χ3v) is 5.95. The Balaban J connectivity index is 1.50. The smallest absolute Gasteiger partial charge is 0.272 e. The molecule has 3 aromatic carbocycles. The van der Waals surface area contributed by atoms with Crippen LogP contribution in [-0.2, 0) is 20.1 Å². The van der Waals surface area contributed by atoms with E-state index in [1.807, 2.05) is 66.4 Å². The summed E-state index contributed by atoms with van der Waals surface area (Å²) < 4.78 is 13.1. The zero-order chi connectivity index (χ0) is 23.5. The van der Waals surface area contributed by atoms with Crippen molar-refractivity contribution in [3.05, 3.63) is 101 Å². The summed E-state index contributed by atoms with van der Waals surface area (Å²) in [6.45, 7) is 3.86. The summed E-state index contributed by atoms with van der Waals surface area (Å²) in [6.07, 6.45) is 0. The Morgan fingerprint density at radius 3 is 2.41 bits per heavy atom. The van der Waals surface area contributed by atoms with E-state index in [1.54, 1.807) is 11.7 Å². The molecule has 1 aliphatic rings. The van der Waals surface area contributed by atoms with Crippen LogP contribution >= 0.6 is 0 Å². The first-order valence-corrected chi connectivity index (χ1v) is 11.4. The molecule has 0 aliphatic carbocycles. The normalized spacial score (nSPS) is 12.4. The molecule has 4 aromatic rings. The summed E-state index contributed by atoms with van der Waals surface area (Å²) in [6, 6.07) is 26.2. The van der Waals surface area contributed by atoms with Crippen molar-refractivity contribution < 1.29 is 14.3 Å². The summed E-state index contributed by atoms with van der Waals surface area (Å²) in [4.78, 5) is 15.6. The molecule has 0 N–H and O–H groups in total. The van der Waals surface area contributed by atoms with Crippen LogP contribution in [0.1, 0.15) is 27.3 Å². The summed E-state index contributed by atoms with van der Waals surface area (Å²) in [5, 5.41) is 4.38. The lowest BCUT2D eigenvalue weighted by Gasteiger charge is -2.25. The number of aromatic nitrogens is 2. The number of hydrogen-bond acceptors (Lipinski definition) is 4. The maximum atomic E-state index is 13.7. The van der Waals surface area contributed by atoms with Gasteiger partial charge in [0.25, 0.3) is 5.91 Å². The summed E-state index contributed by atoms with van der Waals surface area (Å²) in [5.74, 6) is 1.39. The van der Waals surface area contributed by atoms with Gasteiger partial charge in [-0.1, -0.05) is 60.7 Å². The zero-order valence-electron chi connectivity index (χ0n) is 19.4. The van der Waals surface area contributed by atoms with Crippen molar-refractivity contribution in [3.8, 4) is 22.6 Å². The van der Waals surface area contributed by atoms with Gasteiger partial charge in [0.2, 0.25) is 0 Å². The Hall–Kier alpha value is -4.06. The number of hydrogen-bond donors (Lipinski definition) is 0. The molecule has 1 aromatic heterocycles. The number of rotatable bonds is 6. The maximum absolute atomic E-state index is 13.7. The van der Waals surface area contributed by atoms with Crippen LogP contribution in [0.5, 0.6) is 11.5 Å². The number of benzene rings is 3. The van der Waals surface area contributed by atoms with Crippen molar-refractivity contribution in [2.24, 2.45) is 7.05 Å². The van der Waals surface area contributed by atoms with Crippen LogP contribution in [0, 0.1) is 6.92 Å². The largest absolute Gasteiger partial charge is 0.486 e. The Morgan fingerprint density at radius 2 is 1.65 bits per heavy atom. The van der Waals surface area contributed by atoms with E-state index in [1.165, 1.54) is 0 Å². The maximum Gasteiger partial charge on any atom is 0.272 e. The van der Waals surface area contributed by atoms with E-state index >= 15 is 0 Å². The molecule has 1 aliphatic heterocycles. The predicted octanol–water partition coefficient (Wildman–Crippen LogP) is 5.01. The molecule has 1 amide bonds. The molecule has 0 atom stereocenters. The van der Waals surface area contributed by atoms with Gasteiger partial charge in [0.15, 0.2) is 11.5 Å². The van der Waals surface area contributed by atoms with E-state index in [0.717, 1.165) is 39.4 Å². The van der Waals surface area contributed by atoms with E-state index in [4.69, 9.17) is 9.47 Å². The highest BCUT2D eigenvalue weighted by atomic mass is 16.6. The highest BCUT2D eigenvalue weighted by molar-refractivity contribution is 5.92.